The van der Waals surface area contributed by atoms with E-state index in [2.05, 4.69) is 142 Å². The lowest BCUT2D eigenvalue weighted by Crippen LogP contribution is -2.29. The molecule has 41 heavy (non-hydrogen) atoms. The first-order valence-corrected chi connectivity index (χ1v) is 14.7. The highest BCUT2D eigenvalue weighted by molar-refractivity contribution is 6.29. The maximum Gasteiger partial charge on any atom is 0.224 e. The Kier molecular flexibility index (Phi) is 4.93. The summed E-state index contributed by atoms with van der Waals surface area (Å²) in [7, 11) is 2.21. The highest BCUT2D eigenvalue weighted by Gasteiger charge is 2.28. The van der Waals surface area contributed by atoms with Crippen molar-refractivity contribution in [3.63, 3.8) is 0 Å². The van der Waals surface area contributed by atoms with Crippen molar-refractivity contribution in [2.45, 2.75) is 41.0 Å². The van der Waals surface area contributed by atoms with Crippen LogP contribution in [0.2, 0.25) is 0 Å². The molecule has 0 saturated carbocycles. The zero-order chi connectivity index (χ0) is 28.2. The third-order valence-electron chi connectivity index (χ3n) is 9.11. The number of nitrogens with zero attached hydrogens (tertiary/aromatic N) is 2. The summed E-state index contributed by atoms with van der Waals surface area (Å²) < 4.78 is 4.99. The third kappa shape index (κ3) is 3.40. The topological polar surface area (TPSA) is 8.29 Å². The summed E-state index contributed by atoms with van der Waals surface area (Å²) in [5, 5.41) is 9.42. The van der Waals surface area contributed by atoms with Gasteiger partial charge in [-0.05, 0) is 70.2 Å². The molecule has 2 nitrogen and oxygen atoms in total. The SMILES string of the molecule is Cc1ccc2c(C)c3c(c(CC(C)(C)C)c2c1)n1c2cc(-c4ccccc4)ccc2c2ccc4cc[n+](C)c3c4c21. The number of hydrogen-bond donors (Lipinski definition) is 0. The minimum atomic E-state index is 0.127. The molecule has 8 rings (SSSR count). The first kappa shape index (κ1) is 24.4. The number of aryl methyl sites for hydroxylation is 3. The van der Waals surface area contributed by atoms with Gasteiger partial charge in [-0.1, -0.05) is 99.1 Å². The van der Waals surface area contributed by atoms with Crippen molar-refractivity contribution >= 4 is 59.8 Å². The average Bonchev–Trinajstić information content (AvgIpc) is 3.29. The zero-order valence-electron chi connectivity index (χ0n) is 24.8. The number of benzene rings is 5. The Morgan fingerprint density at radius 1 is 0.683 bits per heavy atom. The maximum atomic E-state index is 2.64. The average molecular weight is 532 g/mol. The molecule has 0 unspecified atom stereocenters. The van der Waals surface area contributed by atoms with E-state index in [1.807, 2.05) is 0 Å². The van der Waals surface area contributed by atoms with Crippen molar-refractivity contribution in [2.75, 3.05) is 0 Å². The van der Waals surface area contributed by atoms with Crippen LogP contribution >= 0.6 is 0 Å². The summed E-state index contributed by atoms with van der Waals surface area (Å²) in [5.41, 5.74) is 12.1. The van der Waals surface area contributed by atoms with Gasteiger partial charge in [0.05, 0.1) is 27.3 Å². The molecule has 3 heterocycles. The minimum Gasteiger partial charge on any atom is -0.307 e. The van der Waals surface area contributed by atoms with E-state index in [4.69, 9.17) is 0 Å². The van der Waals surface area contributed by atoms with Crippen LogP contribution in [-0.4, -0.2) is 4.40 Å². The summed E-state index contributed by atoms with van der Waals surface area (Å²) in [6.45, 7) is 11.7. The van der Waals surface area contributed by atoms with Gasteiger partial charge in [-0.3, -0.25) is 0 Å². The third-order valence-corrected chi connectivity index (χ3v) is 9.11. The first-order valence-electron chi connectivity index (χ1n) is 14.7. The molecule has 0 radical (unpaired) electrons. The first-order chi connectivity index (χ1) is 19.7. The van der Waals surface area contributed by atoms with Crippen molar-refractivity contribution in [3.05, 3.63) is 108 Å². The van der Waals surface area contributed by atoms with Crippen molar-refractivity contribution in [1.29, 1.82) is 0 Å². The van der Waals surface area contributed by atoms with Crippen LogP contribution in [0, 0.1) is 19.3 Å². The molecule has 0 aliphatic heterocycles. The Balaban J connectivity index is 1.73. The lowest BCUT2D eigenvalue weighted by atomic mass is 9.83. The van der Waals surface area contributed by atoms with Crippen LogP contribution in [0.1, 0.15) is 37.5 Å². The monoisotopic (exact) mass is 531 g/mol. The molecule has 0 N–H and O–H groups in total. The van der Waals surface area contributed by atoms with Gasteiger partial charge in [0.15, 0.2) is 6.20 Å². The molecule has 0 amide bonds. The van der Waals surface area contributed by atoms with Crippen molar-refractivity contribution in [2.24, 2.45) is 12.5 Å². The van der Waals surface area contributed by atoms with Crippen molar-refractivity contribution in [3.8, 4) is 11.1 Å². The van der Waals surface area contributed by atoms with Gasteiger partial charge in [-0.15, -0.1) is 0 Å². The normalized spacial score (nSPS) is 12.7. The number of aromatic nitrogens is 2. The van der Waals surface area contributed by atoms with E-state index in [1.54, 1.807) is 0 Å². The van der Waals surface area contributed by atoms with Gasteiger partial charge in [0.2, 0.25) is 5.52 Å². The fourth-order valence-electron chi connectivity index (χ4n) is 7.37. The number of fused-ring (bicyclic) bond motifs is 7. The molecule has 8 aromatic rings. The smallest absolute Gasteiger partial charge is 0.224 e. The molecular formula is C39H35N2+. The molecule has 5 aromatic carbocycles. The second kappa shape index (κ2) is 8.30. The molecule has 0 spiro atoms. The molecule has 3 aromatic heterocycles. The largest absolute Gasteiger partial charge is 0.307 e. The Morgan fingerprint density at radius 3 is 2.22 bits per heavy atom. The summed E-state index contributed by atoms with van der Waals surface area (Å²) in [5.74, 6) is 0. The molecule has 200 valence electrons. The van der Waals surface area contributed by atoms with Gasteiger partial charge in [0.1, 0.15) is 7.05 Å². The van der Waals surface area contributed by atoms with Crippen LogP contribution in [0.3, 0.4) is 0 Å². The van der Waals surface area contributed by atoms with Gasteiger partial charge in [-0.25, -0.2) is 4.57 Å². The summed E-state index contributed by atoms with van der Waals surface area (Å²) >= 11 is 0. The Bertz CT molecular complexity index is 2330. The number of hydrogen-bond acceptors (Lipinski definition) is 0. The Labute approximate surface area is 240 Å². The summed E-state index contributed by atoms with van der Waals surface area (Å²) in [4.78, 5) is 0. The molecule has 0 aliphatic rings. The van der Waals surface area contributed by atoms with Crippen molar-refractivity contribution < 1.29 is 4.57 Å². The van der Waals surface area contributed by atoms with Gasteiger partial charge in [0, 0.05) is 16.8 Å². The van der Waals surface area contributed by atoms with Crippen LogP contribution in [-0.2, 0) is 13.5 Å². The van der Waals surface area contributed by atoms with E-state index in [1.165, 1.54) is 87.6 Å². The second-order valence-corrected chi connectivity index (χ2v) is 13.2. The van der Waals surface area contributed by atoms with Crippen LogP contribution in [0.15, 0.2) is 91.1 Å². The van der Waals surface area contributed by atoms with Gasteiger partial charge in [0.25, 0.3) is 0 Å². The fraction of sp³-hybridized carbons (Fsp3) is 0.205. The van der Waals surface area contributed by atoms with E-state index >= 15 is 0 Å². The highest BCUT2D eigenvalue weighted by Crippen LogP contribution is 2.45. The van der Waals surface area contributed by atoms with E-state index in [9.17, 15) is 0 Å². The summed E-state index contributed by atoms with van der Waals surface area (Å²) in [6, 6.07) is 31.8. The van der Waals surface area contributed by atoms with Crippen LogP contribution < -0.4 is 4.57 Å². The predicted octanol–water partition coefficient (Wildman–Crippen LogP) is 9.84. The molecule has 0 aliphatic carbocycles. The molecular weight excluding hydrogens is 496 g/mol. The van der Waals surface area contributed by atoms with Gasteiger partial charge < -0.3 is 4.40 Å². The van der Waals surface area contributed by atoms with Crippen molar-refractivity contribution in [1.82, 2.24) is 4.40 Å². The molecule has 0 bridgehead atoms. The van der Waals surface area contributed by atoms with Gasteiger partial charge >= 0.3 is 0 Å². The molecule has 0 fully saturated rings. The molecule has 0 atom stereocenters. The Hall–Kier alpha value is -4.43. The predicted molar refractivity (Wildman–Crippen MR) is 175 cm³/mol. The highest BCUT2D eigenvalue weighted by atomic mass is 15.0. The van der Waals surface area contributed by atoms with E-state index in [0.29, 0.717) is 0 Å². The lowest BCUT2D eigenvalue weighted by molar-refractivity contribution is -0.643. The molecule has 0 saturated heterocycles. The lowest BCUT2D eigenvalue weighted by Gasteiger charge is -2.24. The minimum absolute atomic E-state index is 0.127. The second-order valence-electron chi connectivity index (χ2n) is 13.2. The maximum absolute atomic E-state index is 2.64. The van der Waals surface area contributed by atoms with Crippen LogP contribution in [0.4, 0.5) is 0 Å². The van der Waals surface area contributed by atoms with E-state index in [-0.39, 0.29) is 5.41 Å². The van der Waals surface area contributed by atoms with Crippen LogP contribution in [0.5, 0.6) is 0 Å². The quantitative estimate of drug-likeness (QED) is 0.119. The van der Waals surface area contributed by atoms with E-state index < -0.39 is 0 Å². The van der Waals surface area contributed by atoms with E-state index in [0.717, 1.165) is 6.42 Å². The summed E-state index contributed by atoms with van der Waals surface area (Å²) in [6.07, 6.45) is 3.23. The van der Waals surface area contributed by atoms with Crippen LogP contribution in [0.25, 0.3) is 70.9 Å². The van der Waals surface area contributed by atoms with Gasteiger partial charge in [-0.2, -0.15) is 0 Å². The number of rotatable bonds is 2. The number of pyridine rings is 2. The Morgan fingerprint density at radius 2 is 1.44 bits per heavy atom. The fourth-order valence-corrected chi connectivity index (χ4v) is 7.37. The molecule has 2 heteroatoms. The standard InChI is InChI=1S/C39H35N2/c1-23-12-15-28-24(2)34-37(32(31(28)20-23)22-39(3,4)5)41-33-21-27(25-10-8-7-9-11-25)14-16-29(33)30-17-13-26-18-19-40(6)38(34)35(26)36(30)41/h7-21H,22H2,1-6H3/q+1. The zero-order valence-corrected chi connectivity index (χ0v) is 24.8.